The molecule has 24 heavy (non-hydrogen) atoms. The van der Waals surface area contributed by atoms with Crippen molar-refractivity contribution >= 4 is 23.7 Å². The van der Waals surface area contributed by atoms with Crippen molar-refractivity contribution in [3.05, 3.63) is 11.4 Å². The number of hydrogen-bond acceptors (Lipinski definition) is 5. The summed E-state index contributed by atoms with van der Waals surface area (Å²) in [5, 5.41) is 5.74. The Bertz CT molecular complexity index is 594. The number of carbonyl (C=O) groups is 2. The minimum atomic E-state index is -0.467. The number of imide groups is 1. The Morgan fingerprint density at radius 2 is 2.17 bits per heavy atom. The van der Waals surface area contributed by atoms with E-state index < -0.39 is 6.03 Å². The number of hydrogen-bond donors (Lipinski definition) is 2. The van der Waals surface area contributed by atoms with Gasteiger partial charge in [-0.05, 0) is 40.5 Å². The Balaban J connectivity index is 1.93. The molecule has 7 nitrogen and oxygen atoms in total. The number of urea groups is 1. The summed E-state index contributed by atoms with van der Waals surface area (Å²) in [5.74, 6) is -0.187. The predicted octanol–water partition coefficient (Wildman–Crippen LogP) is 2.01. The molecule has 1 aromatic heterocycles. The number of rotatable bonds is 6. The van der Waals surface area contributed by atoms with E-state index in [0.29, 0.717) is 0 Å². The lowest BCUT2D eigenvalue weighted by molar-refractivity contribution is -0.117. The zero-order valence-electron chi connectivity index (χ0n) is 14.7. The molecule has 0 saturated carbocycles. The fourth-order valence-corrected chi connectivity index (χ4v) is 3.43. The molecule has 1 aromatic rings. The second-order valence-electron chi connectivity index (χ2n) is 6.28. The quantitative estimate of drug-likeness (QED) is 0.763. The highest BCUT2D eigenvalue weighted by atomic mass is 32.2. The van der Waals surface area contributed by atoms with E-state index in [4.69, 9.17) is 4.74 Å². The number of aromatic nitrogens is 2. The first-order valence-corrected chi connectivity index (χ1v) is 9.24. The third-order valence-electron chi connectivity index (χ3n) is 3.84. The number of aryl methyl sites for hydroxylation is 1. The van der Waals surface area contributed by atoms with Crippen molar-refractivity contribution in [1.29, 1.82) is 0 Å². The number of nitrogens with zero attached hydrogens (tertiary/aromatic N) is 2. The van der Waals surface area contributed by atoms with Gasteiger partial charge in [0.15, 0.2) is 5.16 Å². The predicted molar refractivity (Wildman–Crippen MR) is 93.2 cm³/mol. The molecule has 0 aliphatic carbocycles. The van der Waals surface area contributed by atoms with Crippen molar-refractivity contribution in [3.8, 4) is 0 Å². The van der Waals surface area contributed by atoms with Crippen LogP contribution in [0, 0.1) is 13.8 Å². The van der Waals surface area contributed by atoms with Crippen molar-refractivity contribution < 1.29 is 14.3 Å². The monoisotopic (exact) mass is 354 g/mol. The minimum absolute atomic E-state index is 0.0129. The Morgan fingerprint density at radius 1 is 1.42 bits per heavy atom. The fraction of sp³-hybridized carbons (Fsp3) is 0.688. The molecular weight excluding hydrogens is 328 g/mol. The molecule has 1 fully saturated rings. The van der Waals surface area contributed by atoms with Crippen LogP contribution in [0.4, 0.5) is 4.79 Å². The average Bonchev–Trinajstić information content (AvgIpc) is 3.08. The van der Waals surface area contributed by atoms with E-state index >= 15 is 0 Å². The molecule has 3 amide bonds. The summed E-state index contributed by atoms with van der Waals surface area (Å²) in [7, 11) is 0. The van der Waals surface area contributed by atoms with Gasteiger partial charge in [-0.25, -0.2) is 9.78 Å². The Morgan fingerprint density at radius 3 is 2.79 bits per heavy atom. The lowest BCUT2D eigenvalue weighted by Crippen LogP contribution is -2.43. The highest BCUT2D eigenvalue weighted by molar-refractivity contribution is 7.99. The number of ether oxygens (including phenoxy) is 1. The molecule has 8 heteroatoms. The molecule has 134 valence electrons. The standard InChI is InChI=1S/C16H26N4O3S/c1-10(2)17-15(22)19-14(21)9-24-16-18-11(3)12(4)20(16)8-13-6-5-7-23-13/h10,13H,5-9H2,1-4H3,(H2,17,19,21,22). The molecule has 2 rings (SSSR count). The lowest BCUT2D eigenvalue weighted by Gasteiger charge is -2.14. The van der Waals surface area contributed by atoms with Gasteiger partial charge in [0, 0.05) is 18.3 Å². The van der Waals surface area contributed by atoms with Crippen molar-refractivity contribution in [2.24, 2.45) is 0 Å². The normalized spacial score (nSPS) is 17.3. The molecule has 1 unspecified atom stereocenters. The van der Waals surface area contributed by atoms with Gasteiger partial charge in [-0.15, -0.1) is 0 Å². The van der Waals surface area contributed by atoms with Crippen molar-refractivity contribution in [3.63, 3.8) is 0 Å². The van der Waals surface area contributed by atoms with Crippen LogP contribution in [0.5, 0.6) is 0 Å². The first-order chi connectivity index (χ1) is 11.4. The third-order valence-corrected chi connectivity index (χ3v) is 4.81. The number of nitrogens with one attached hydrogen (secondary N) is 2. The molecule has 0 aromatic carbocycles. The Hall–Kier alpha value is -1.54. The van der Waals surface area contributed by atoms with E-state index in [1.54, 1.807) is 0 Å². The first-order valence-electron chi connectivity index (χ1n) is 8.25. The molecule has 1 atom stereocenters. The minimum Gasteiger partial charge on any atom is -0.376 e. The van der Waals surface area contributed by atoms with Crippen LogP contribution < -0.4 is 10.6 Å². The summed E-state index contributed by atoms with van der Waals surface area (Å²) in [6.45, 7) is 9.23. The van der Waals surface area contributed by atoms with Crippen LogP contribution >= 0.6 is 11.8 Å². The third kappa shape index (κ3) is 5.24. The van der Waals surface area contributed by atoms with Crippen LogP contribution in [0.15, 0.2) is 5.16 Å². The molecule has 2 N–H and O–H groups in total. The van der Waals surface area contributed by atoms with Gasteiger partial charge in [-0.3, -0.25) is 10.1 Å². The molecule has 0 bridgehead atoms. The maximum absolute atomic E-state index is 11.9. The summed E-state index contributed by atoms with van der Waals surface area (Å²) in [6.07, 6.45) is 2.35. The second kappa shape index (κ2) is 8.53. The van der Waals surface area contributed by atoms with Crippen LogP contribution in [0.3, 0.4) is 0 Å². The Kier molecular flexibility index (Phi) is 6.68. The van der Waals surface area contributed by atoms with E-state index in [-0.39, 0.29) is 23.8 Å². The summed E-state index contributed by atoms with van der Waals surface area (Å²) >= 11 is 1.34. The van der Waals surface area contributed by atoms with Crippen LogP contribution in [-0.2, 0) is 16.1 Å². The summed E-state index contributed by atoms with van der Waals surface area (Å²) < 4.78 is 7.81. The molecule has 1 aliphatic rings. The molecule has 0 radical (unpaired) electrons. The van der Waals surface area contributed by atoms with Gasteiger partial charge >= 0.3 is 6.03 Å². The maximum Gasteiger partial charge on any atom is 0.321 e. The van der Waals surface area contributed by atoms with Gasteiger partial charge in [-0.2, -0.15) is 0 Å². The topological polar surface area (TPSA) is 85.3 Å². The van der Waals surface area contributed by atoms with Crippen molar-refractivity contribution in [2.45, 2.75) is 64.4 Å². The fourth-order valence-electron chi connectivity index (χ4n) is 2.53. The van der Waals surface area contributed by atoms with Gasteiger partial charge in [0.25, 0.3) is 0 Å². The van der Waals surface area contributed by atoms with E-state index in [9.17, 15) is 9.59 Å². The van der Waals surface area contributed by atoms with E-state index in [0.717, 1.165) is 42.5 Å². The van der Waals surface area contributed by atoms with Crippen LogP contribution in [0.1, 0.15) is 38.1 Å². The number of thioether (sulfide) groups is 1. The summed E-state index contributed by atoms with van der Waals surface area (Å²) in [5.41, 5.74) is 2.04. The van der Waals surface area contributed by atoms with Gasteiger partial charge in [0.05, 0.1) is 24.1 Å². The summed E-state index contributed by atoms with van der Waals surface area (Å²) in [6, 6.07) is -0.480. The molecular formula is C16H26N4O3S. The molecule has 0 spiro atoms. The van der Waals surface area contributed by atoms with Crippen molar-refractivity contribution in [2.75, 3.05) is 12.4 Å². The van der Waals surface area contributed by atoms with Crippen molar-refractivity contribution in [1.82, 2.24) is 20.2 Å². The molecule has 1 saturated heterocycles. The zero-order chi connectivity index (χ0) is 17.7. The number of carbonyl (C=O) groups excluding carboxylic acids is 2. The van der Waals surface area contributed by atoms with E-state index in [1.807, 2.05) is 27.7 Å². The number of imidazole rings is 1. The largest absolute Gasteiger partial charge is 0.376 e. The smallest absolute Gasteiger partial charge is 0.321 e. The van der Waals surface area contributed by atoms with E-state index in [1.165, 1.54) is 11.8 Å². The first kappa shape index (κ1) is 18.8. The van der Waals surface area contributed by atoms with E-state index in [2.05, 4.69) is 20.2 Å². The van der Waals surface area contributed by atoms with Gasteiger partial charge in [0.1, 0.15) is 0 Å². The van der Waals surface area contributed by atoms with Gasteiger partial charge in [-0.1, -0.05) is 11.8 Å². The maximum atomic E-state index is 11.9. The van der Waals surface area contributed by atoms with Crippen LogP contribution in [-0.4, -0.2) is 46.0 Å². The van der Waals surface area contributed by atoms with Gasteiger partial charge in [0.2, 0.25) is 5.91 Å². The highest BCUT2D eigenvalue weighted by Crippen LogP contribution is 2.24. The SMILES string of the molecule is Cc1nc(SCC(=O)NC(=O)NC(C)C)n(CC2CCCO2)c1C. The molecule has 2 heterocycles. The van der Waals surface area contributed by atoms with Crippen LogP contribution in [0.2, 0.25) is 0 Å². The zero-order valence-corrected chi connectivity index (χ0v) is 15.5. The van der Waals surface area contributed by atoms with Crippen LogP contribution in [0.25, 0.3) is 0 Å². The Labute approximate surface area is 146 Å². The molecule has 1 aliphatic heterocycles. The van der Waals surface area contributed by atoms with Gasteiger partial charge < -0.3 is 14.6 Å². The average molecular weight is 354 g/mol. The summed E-state index contributed by atoms with van der Waals surface area (Å²) in [4.78, 5) is 28.0. The number of amides is 3. The highest BCUT2D eigenvalue weighted by Gasteiger charge is 2.21. The second-order valence-corrected chi connectivity index (χ2v) is 7.22. The lowest BCUT2D eigenvalue weighted by atomic mass is 10.2.